The van der Waals surface area contributed by atoms with Gasteiger partial charge in [-0.05, 0) is 13.3 Å². The molecule has 0 fully saturated rings. The molecule has 6 nitrogen and oxygen atoms in total. The Balaban J connectivity index is 3.18. The molecule has 0 aromatic carbocycles. The van der Waals surface area contributed by atoms with Gasteiger partial charge in [0.05, 0.1) is 0 Å². The first-order valence-electron chi connectivity index (χ1n) is 5.13. The molecule has 0 saturated heterocycles. The van der Waals surface area contributed by atoms with Crippen molar-refractivity contribution in [1.82, 2.24) is 14.8 Å². The fourth-order valence-corrected chi connectivity index (χ4v) is 1.98. The maximum Gasteiger partial charge on any atom is 0.158 e. The second kappa shape index (κ2) is 4.92. The molecule has 0 spiro atoms. The predicted molar refractivity (Wildman–Crippen MR) is 59.5 cm³/mol. The molecule has 0 amide bonds. The van der Waals surface area contributed by atoms with E-state index in [1.165, 1.54) is 6.26 Å². The predicted octanol–water partition coefficient (Wildman–Crippen LogP) is 0.286. The van der Waals surface area contributed by atoms with Crippen molar-refractivity contribution in [3.8, 4) is 0 Å². The Morgan fingerprint density at radius 2 is 2.06 bits per heavy atom. The Hall–Kier alpha value is -0.950. The number of hydrogen-bond donors (Lipinski definition) is 1. The molecule has 7 heteroatoms. The van der Waals surface area contributed by atoms with Crippen molar-refractivity contribution in [3.63, 3.8) is 0 Å². The van der Waals surface area contributed by atoms with Crippen LogP contribution in [0.5, 0.6) is 0 Å². The summed E-state index contributed by atoms with van der Waals surface area (Å²) in [5.41, 5.74) is 0. The molecule has 1 aromatic rings. The summed E-state index contributed by atoms with van der Waals surface area (Å²) in [7, 11) is -3.20. The van der Waals surface area contributed by atoms with Crippen LogP contribution in [0.1, 0.15) is 37.2 Å². The first-order valence-corrected chi connectivity index (χ1v) is 7.09. The van der Waals surface area contributed by atoms with Crippen LogP contribution >= 0.6 is 0 Å². The van der Waals surface area contributed by atoms with Gasteiger partial charge < -0.3 is 9.67 Å². The third kappa shape index (κ3) is 2.59. The molecule has 0 radical (unpaired) electrons. The van der Waals surface area contributed by atoms with E-state index in [1.54, 1.807) is 11.5 Å². The van der Waals surface area contributed by atoms with Gasteiger partial charge in [-0.15, -0.1) is 10.2 Å². The molecular weight excluding hydrogens is 230 g/mol. The molecule has 0 aliphatic rings. The van der Waals surface area contributed by atoms with Crippen molar-refractivity contribution >= 4 is 9.84 Å². The lowest BCUT2D eigenvalue weighted by Crippen LogP contribution is -2.15. The fourth-order valence-electron chi connectivity index (χ4n) is 1.43. The normalized spacial score (nSPS) is 14.0. The van der Waals surface area contributed by atoms with Crippen LogP contribution in [0.4, 0.5) is 0 Å². The highest BCUT2D eigenvalue weighted by Gasteiger charge is 2.24. The minimum absolute atomic E-state index is 0.233. The Morgan fingerprint density at radius 1 is 1.44 bits per heavy atom. The van der Waals surface area contributed by atoms with Crippen molar-refractivity contribution in [2.24, 2.45) is 0 Å². The number of rotatable bonds is 5. The minimum Gasteiger partial charge on any atom is -0.388 e. The van der Waals surface area contributed by atoms with E-state index >= 15 is 0 Å². The monoisotopic (exact) mass is 247 g/mol. The minimum atomic E-state index is -3.20. The van der Waals surface area contributed by atoms with Gasteiger partial charge in [-0.3, -0.25) is 0 Å². The van der Waals surface area contributed by atoms with Crippen molar-refractivity contribution in [2.45, 2.75) is 38.7 Å². The van der Waals surface area contributed by atoms with Crippen molar-refractivity contribution < 1.29 is 13.5 Å². The number of aromatic nitrogens is 3. The molecule has 1 atom stereocenters. The molecule has 0 saturated carbocycles. The molecule has 1 unspecified atom stereocenters. The first kappa shape index (κ1) is 13.1. The summed E-state index contributed by atoms with van der Waals surface area (Å²) < 4.78 is 24.6. The van der Waals surface area contributed by atoms with Crippen LogP contribution in [0.25, 0.3) is 0 Å². The van der Waals surface area contributed by atoms with E-state index in [0.29, 0.717) is 18.2 Å². The van der Waals surface area contributed by atoms with Gasteiger partial charge in [0.25, 0.3) is 0 Å². The van der Waals surface area contributed by atoms with E-state index in [9.17, 15) is 8.42 Å². The highest BCUT2D eigenvalue weighted by Crippen LogP contribution is 2.20. The molecular formula is C9H17N3O3S. The lowest BCUT2D eigenvalue weighted by atomic mass is 10.4. The smallest absolute Gasteiger partial charge is 0.158 e. The van der Waals surface area contributed by atoms with Crippen LogP contribution < -0.4 is 0 Å². The zero-order chi connectivity index (χ0) is 12.3. The summed E-state index contributed by atoms with van der Waals surface area (Å²) >= 11 is 0. The third-order valence-corrected chi connectivity index (χ3v) is 3.95. The average Bonchev–Trinajstić information content (AvgIpc) is 2.59. The first-order chi connectivity index (χ1) is 7.41. The lowest BCUT2D eigenvalue weighted by molar-refractivity contribution is 0.264. The summed E-state index contributed by atoms with van der Waals surface area (Å²) in [6.07, 6.45) is 2.00. The molecule has 1 N–H and O–H groups in total. The number of hydrogen-bond acceptors (Lipinski definition) is 5. The number of aliphatic hydroxyl groups is 1. The van der Waals surface area contributed by atoms with Crippen molar-refractivity contribution in [3.05, 3.63) is 11.6 Å². The summed E-state index contributed by atoms with van der Waals surface area (Å²) in [4.78, 5) is 0. The average molecular weight is 247 g/mol. The molecule has 0 bridgehead atoms. The van der Waals surface area contributed by atoms with Crippen molar-refractivity contribution in [2.75, 3.05) is 6.26 Å². The van der Waals surface area contributed by atoms with Crippen LogP contribution in [0.2, 0.25) is 0 Å². The van der Waals surface area contributed by atoms with Crippen LogP contribution in [0, 0.1) is 0 Å². The van der Waals surface area contributed by atoms with E-state index in [0.717, 1.165) is 6.42 Å². The highest BCUT2D eigenvalue weighted by atomic mass is 32.2. The summed E-state index contributed by atoms with van der Waals surface area (Å²) in [6.45, 7) is 3.92. The van der Waals surface area contributed by atoms with Gasteiger partial charge in [0, 0.05) is 12.8 Å². The van der Waals surface area contributed by atoms with Gasteiger partial charge in [0.1, 0.15) is 11.9 Å². The number of sulfone groups is 1. The van der Waals surface area contributed by atoms with Crippen LogP contribution in [0.15, 0.2) is 0 Å². The summed E-state index contributed by atoms with van der Waals surface area (Å²) in [5.74, 6) is 0.806. The van der Waals surface area contributed by atoms with Gasteiger partial charge in [-0.25, -0.2) is 8.42 Å². The molecule has 0 aliphatic carbocycles. The van der Waals surface area contributed by atoms with Gasteiger partial charge in [0.2, 0.25) is 0 Å². The Labute approximate surface area is 95.2 Å². The van der Waals surface area contributed by atoms with Gasteiger partial charge >= 0.3 is 0 Å². The maximum atomic E-state index is 11.4. The Morgan fingerprint density at radius 3 is 2.50 bits per heavy atom. The molecule has 16 heavy (non-hydrogen) atoms. The van der Waals surface area contributed by atoms with E-state index in [-0.39, 0.29) is 6.61 Å². The number of aliphatic hydroxyl groups excluding tert-OH is 1. The van der Waals surface area contributed by atoms with Gasteiger partial charge in [-0.2, -0.15) is 0 Å². The maximum absolute atomic E-state index is 11.4. The molecule has 92 valence electrons. The van der Waals surface area contributed by atoms with Crippen LogP contribution in [-0.4, -0.2) is 34.5 Å². The van der Waals surface area contributed by atoms with E-state index in [1.807, 2.05) is 6.92 Å². The molecule has 1 heterocycles. The van der Waals surface area contributed by atoms with E-state index in [4.69, 9.17) is 5.11 Å². The standard InChI is InChI=1S/C9H17N3O3S/c1-4-5-12-8(6-13)10-11-9(12)7(2)16(3,14)15/h7,13H,4-6H2,1-3H3. The van der Waals surface area contributed by atoms with E-state index < -0.39 is 15.1 Å². The second-order valence-electron chi connectivity index (χ2n) is 3.76. The Bertz CT molecular complexity index is 453. The van der Waals surface area contributed by atoms with Crippen LogP contribution in [0.3, 0.4) is 0 Å². The number of nitrogens with zero attached hydrogens (tertiary/aromatic N) is 3. The molecule has 0 aliphatic heterocycles. The highest BCUT2D eigenvalue weighted by molar-refractivity contribution is 7.90. The molecule has 1 aromatic heterocycles. The van der Waals surface area contributed by atoms with Crippen molar-refractivity contribution in [1.29, 1.82) is 0 Å². The topological polar surface area (TPSA) is 85.1 Å². The van der Waals surface area contributed by atoms with Gasteiger partial charge in [-0.1, -0.05) is 6.92 Å². The fraction of sp³-hybridized carbons (Fsp3) is 0.778. The largest absolute Gasteiger partial charge is 0.388 e. The SMILES string of the molecule is CCCn1c(CO)nnc1C(C)S(C)(=O)=O. The zero-order valence-corrected chi connectivity index (χ0v) is 10.5. The van der Waals surface area contributed by atoms with Crippen LogP contribution in [-0.2, 0) is 23.0 Å². The molecule has 1 rings (SSSR count). The summed E-state index contributed by atoms with van der Waals surface area (Å²) in [5, 5.41) is 16.0. The third-order valence-electron chi connectivity index (χ3n) is 2.45. The Kier molecular flexibility index (Phi) is 4.03. The van der Waals surface area contributed by atoms with Gasteiger partial charge in [0.15, 0.2) is 21.5 Å². The zero-order valence-electron chi connectivity index (χ0n) is 9.71. The summed E-state index contributed by atoms with van der Waals surface area (Å²) in [6, 6.07) is 0. The van der Waals surface area contributed by atoms with E-state index in [2.05, 4.69) is 10.2 Å². The second-order valence-corrected chi connectivity index (χ2v) is 6.12. The lowest BCUT2D eigenvalue weighted by Gasteiger charge is -2.12. The quantitative estimate of drug-likeness (QED) is 0.808.